The minimum absolute atomic E-state index is 0.210. The summed E-state index contributed by atoms with van der Waals surface area (Å²) in [7, 11) is 0. The highest BCUT2D eigenvalue weighted by Crippen LogP contribution is 2.24. The zero-order valence-corrected chi connectivity index (χ0v) is 14.1. The van der Waals surface area contributed by atoms with Gasteiger partial charge >= 0.3 is 5.97 Å². The number of carbonyl (C=O) groups excluding carboxylic acids is 1. The summed E-state index contributed by atoms with van der Waals surface area (Å²) < 4.78 is 23.4. The van der Waals surface area contributed by atoms with Crippen LogP contribution in [0.2, 0.25) is 0 Å². The number of halogens is 1. The summed E-state index contributed by atoms with van der Waals surface area (Å²) in [5.41, 5.74) is 2.55. The van der Waals surface area contributed by atoms with Gasteiger partial charge in [0.2, 0.25) is 0 Å². The average molecular weight is 335 g/mol. The molecule has 1 heterocycles. The molecule has 0 amide bonds. The van der Waals surface area contributed by atoms with Crippen molar-refractivity contribution in [3.05, 3.63) is 52.6 Å². The Kier molecular flexibility index (Phi) is 5.98. The number of nitrogens with one attached hydrogen (secondary N) is 1. The molecule has 2 rings (SSSR count). The number of aromatic amines is 1. The lowest BCUT2D eigenvalue weighted by Crippen LogP contribution is -2.11. The number of rotatable bonds is 7. The molecule has 24 heavy (non-hydrogen) atoms. The topological polar surface area (TPSA) is 71.6 Å². The number of H-pyrrole nitrogens is 1. The lowest BCUT2D eigenvalue weighted by molar-refractivity contribution is 0.0479. The second-order valence-electron chi connectivity index (χ2n) is 5.63. The van der Waals surface area contributed by atoms with Crippen LogP contribution in [0.1, 0.15) is 46.8 Å². The highest BCUT2D eigenvalue weighted by molar-refractivity contribution is 5.89. The molecule has 0 saturated carbocycles. The van der Waals surface area contributed by atoms with Crippen LogP contribution in [-0.4, -0.2) is 29.3 Å². The smallest absolute Gasteiger partial charge is 0.355 e. The zero-order valence-electron chi connectivity index (χ0n) is 14.1. The standard InChI is InChI=1S/C18H22FNO4/c1-11-16(13(3)21)12(2)20-17(11)18(22)24-10-4-9-23-15-7-5-14(19)6-8-15/h5-8,13,20-21H,4,9-10H2,1-3H3/t13-/m1/s1. The Morgan fingerprint density at radius 2 is 1.92 bits per heavy atom. The van der Waals surface area contributed by atoms with Gasteiger partial charge in [-0.1, -0.05) is 0 Å². The molecule has 0 radical (unpaired) electrons. The van der Waals surface area contributed by atoms with Gasteiger partial charge in [0.05, 0.1) is 19.3 Å². The first-order valence-electron chi connectivity index (χ1n) is 7.82. The molecule has 0 aliphatic heterocycles. The van der Waals surface area contributed by atoms with Gasteiger partial charge in [-0.15, -0.1) is 0 Å². The van der Waals surface area contributed by atoms with Crippen molar-refractivity contribution in [1.82, 2.24) is 4.98 Å². The molecule has 5 nitrogen and oxygen atoms in total. The number of aliphatic hydroxyl groups is 1. The van der Waals surface area contributed by atoms with Crippen molar-refractivity contribution >= 4 is 5.97 Å². The molecule has 0 aliphatic carbocycles. The third-order valence-electron chi connectivity index (χ3n) is 3.72. The summed E-state index contributed by atoms with van der Waals surface area (Å²) in [6.45, 7) is 5.81. The predicted molar refractivity (Wildman–Crippen MR) is 87.7 cm³/mol. The maximum absolute atomic E-state index is 12.8. The first-order chi connectivity index (χ1) is 11.4. The van der Waals surface area contributed by atoms with Crippen LogP contribution in [0.25, 0.3) is 0 Å². The number of aryl methyl sites for hydroxylation is 1. The Labute approximate surface area is 140 Å². The molecular weight excluding hydrogens is 313 g/mol. The number of benzene rings is 1. The highest BCUT2D eigenvalue weighted by atomic mass is 19.1. The predicted octanol–water partition coefficient (Wildman–Crippen LogP) is 3.45. The summed E-state index contributed by atoms with van der Waals surface area (Å²) in [6, 6.07) is 5.74. The van der Waals surface area contributed by atoms with Crippen molar-refractivity contribution in [1.29, 1.82) is 0 Å². The first-order valence-corrected chi connectivity index (χ1v) is 7.82. The van der Waals surface area contributed by atoms with E-state index in [0.29, 0.717) is 30.0 Å². The quantitative estimate of drug-likeness (QED) is 0.600. The summed E-state index contributed by atoms with van der Waals surface area (Å²) >= 11 is 0. The fourth-order valence-electron chi connectivity index (χ4n) is 2.61. The third-order valence-corrected chi connectivity index (χ3v) is 3.72. The van der Waals surface area contributed by atoms with Gasteiger partial charge in [-0.25, -0.2) is 9.18 Å². The van der Waals surface area contributed by atoms with Crippen molar-refractivity contribution in [2.45, 2.75) is 33.3 Å². The minimum Gasteiger partial charge on any atom is -0.493 e. The first kappa shape index (κ1) is 18.0. The molecule has 2 aromatic rings. The summed E-state index contributed by atoms with van der Waals surface area (Å²) in [4.78, 5) is 15.1. The van der Waals surface area contributed by atoms with E-state index in [1.54, 1.807) is 26.0 Å². The van der Waals surface area contributed by atoms with E-state index >= 15 is 0 Å². The maximum Gasteiger partial charge on any atom is 0.355 e. The van der Waals surface area contributed by atoms with Crippen LogP contribution in [0.3, 0.4) is 0 Å². The van der Waals surface area contributed by atoms with E-state index < -0.39 is 12.1 Å². The Bertz CT molecular complexity index is 692. The second kappa shape index (κ2) is 7.97. The third kappa shape index (κ3) is 4.35. The lowest BCUT2D eigenvalue weighted by Gasteiger charge is -2.07. The molecule has 1 aromatic carbocycles. The van der Waals surface area contributed by atoms with Crippen LogP contribution < -0.4 is 4.74 Å². The molecule has 6 heteroatoms. The molecule has 0 bridgehead atoms. The highest BCUT2D eigenvalue weighted by Gasteiger charge is 2.20. The molecule has 0 fully saturated rings. The number of hydrogen-bond acceptors (Lipinski definition) is 4. The molecule has 0 unspecified atom stereocenters. The lowest BCUT2D eigenvalue weighted by atomic mass is 10.1. The Hall–Kier alpha value is -2.34. The summed E-state index contributed by atoms with van der Waals surface area (Å²) in [5.74, 6) is -0.200. The SMILES string of the molecule is Cc1[nH]c(C(=O)OCCCOc2ccc(F)cc2)c(C)c1[C@@H](C)O. The molecule has 0 spiro atoms. The van der Waals surface area contributed by atoms with E-state index in [0.717, 1.165) is 11.3 Å². The van der Waals surface area contributed by atoms with Crippen LogP contribution >= 0.6 is 0 Å². The molecule has 1 atom stereocenters. The Morgan fingerprint density at radius 3 is 2.50 bits per heavy atom. The zero-order chi connectivity index (χ0) is 17.7. The molecular formula is C18H22FNO4. The number of ether oxygens (including phenoxy) is 2. The summed E-state index contributed by atoms with van der Waals surface area (Å²) in [5, 5.41) is 9.74. The van der Waals surface area contributed by atoms with Gasteiger partial charge in [-0.05, 0) is 50.6 Å². The number of hydrogen-bond donors (Lipinski definition) is 2. The normalized spacial score (nSPS) is 12.0. The van der Waals surface area contributed by atoms with Gasteiger partial charge in [0.1, 0.15) is 17.3 Å². The van der Waals surface area contributed by atoms with E-state index in [1.165, 1.54) is 12.1 Å². The van der Waals surface area contributed by atoms with E-state index in [1.807, 2.05) is 6.92 Å². The molecule has 2 N–H and O–H groups in total. The molecule has 130 valence electrons. The van der Waals surface area contributed by atoms with Crippen molar-refractivity contribution in [2.75, 3.05) is 13.2 Å². The molecule has 0 aliphatic rings. The van der Waals surface area contributed by atoms with Crippen LogP contribution in [0.5, 0.6) is 5.75 Å². The van der Waals surface area contributed by atoms with Gasteiger partial charge in [0.15, 0.2) is 0 Å². The van der Waals surface area contributed by atoms with Crippen LogP contribution in [0, 0.1) is 19.7 Å². The van der Waals surface area contributed by atoms with E-state index in [4.69, 9.17) is 9.47 Å². The minimum atomic E-state index is -0.646. The van der Waals surface area contributed by atoms with E-state index in [2.05, 4.69) is 4.98 Å². The van der Waals surface area contributed by atoms with Crippen LogP contribution in [0.15, 0.2) is 24.3 Å². The Balaban J connectivity index is 1.79. The summed E-state index contributed by atoms with van der Waals surface area (Å²) in [6.07, 6.45) is -0.127. The maximum atomic E-state index is 12.8. The van der Waals surface area contributed by atoms with Crippen LogP contribution in [0.4, 0.5) is 4.39 Å². The van der Waals surface area contributed by atoms with Crippen molar-refractivity contribution in [3.8, 4) is 5.75 Å². The van der Waals surface area contributed by atoms with Crippen molar-refractivity contribution < 1.29 is 23.8 Å². The van der Waals surface area contributed by atoms with Crippen molar-refractivity contribution in [3.63, 3.8) is 0 Å². The monoisotopic (exact) mass is 335 g/mol. The van der Waals surface area contributed by atoms with Gasteiger partial charge in [0.25, 0.3) is 0 Å². The number of aromatic nitrogens is 1. The van der Waals surface area contributed by atoms with Crippen LogP contribution in [-0.2, 0) is 4.74 Å². The number of carbonyl (C=O) groups is 1. The fourth-order valence-corrected chi connectivity index (χ4v) is 2.61. The van der Waals surface area contributed by atoms with Gasteiger partial charge in [0, 0.05) is 17.7 Å². The average Bonchev–Trinajstić information content (AvgIpc) is 2.83. The van der Waals surface area contributed by atoms with Gasteiger partial charge in [-0.2, -0.15) is 0 Å². The van der Waals surface area contributed by atoms with Gasteiger partial charge in [-0.3, -0.25) is 0 Å². The molecule has 1 aromatic heterocycles. The Morgan fingerprint density at radius 1 is 1.25 bits per heavy atom. The van der Waals surface area contributed by atoms with Gasteiger partial charge < -0.3 is 19.6 Å². The molecule has 0 saturated heterocycles. The second-order valence-corrected chi connectivity index (χ2v) is 5.63. The largest absolute Gasteiger partial charge is 0.493 e. The van der Waals surface area contributed by atoms with E-state index in [9.17, 15) is 14.3 Å². The fraction of sp³-hybridized carbons (Fsp3) is 0.389. The van der Waals surface area contributed by atoms with Crippen molar-refractivity contribution in [2.24, 2.45) is 0 Å². The number of aliphatic hydroxyl groups excluding tert-OH is 1. The number of esters is 1. The van der Waals surface area contributed by atoms with E-state index in [-0.39, 0.29) is 12.4 Å².